The lowest BCUT2D eigenvalue weighted by atomic mass is 9.93. The van der Waals surface area contributed by atoms with Crippen LogP contribution in [-0.2, 0) is 14.3 Å². The average Bonchev–Trinajstić information content (AvgIpc) is 3.10. The molecule has 2 aliphatic heterocycles. The molecule has 3 heterocycles. The maximum Gasteiger partial charge on any atom is 0.233 e. The van der Waals surface area contributed by atoms with Crippen LogP contribution in [0.5, 0.6) is 0 Å². The molecule has 2 amide bonds. The van der Waals surface area contributed by atoms with Gasteiger partial charge in [0, 0.05) is 32.6 Å². The predicted octanol–water partition coefficient (Wildman–Crippen LogP) is 1.08. The number of nitrogens with one attached hydrogen (secondary N) is 1. The SMILES string of the molecule is Cc1nc(SCC(=O)N2CCCC(CCC(=O)N3CCOCC3)C2)n[nH]1. The Morgan fingerprint density at radius 2 is 2.04 bits per heavy atom. The van der Waals surface area contributed by atoms with Gasteiger partial charge < -0.3 is 14.5 Å². The molecule has 0 bridgehead atoms. The van der Waals surface area contributed by atoms with Crippen LogP contribution in [0.15, 0.2) is 5.16 Å². The van der Waals surface area contributed by atoms with Gasteiger partial charge in [-0.15, -0.1) is 5.10 Å². The second-order valence-corrected chi connectivity index (χ2v) is 7.81. The second-order valence-electron chi connectivity index (χ2n) is 6.87. The summed E-state index contributed by atoms with van der Waals surface area (Å²) in [6.07, 6.45) is 3.52. The highest BCUT2D eigenvalue weighted by atomic mass is 32.2. The summed E-state index contributed by atoms with van der Waals surface area (Å²) in [5.41, 5.74) is 0. The summed E-state index contributed by atoms with van der Waals surface area (Å²) in [5.74, 6) is 1.86. The Bertz CT molecular complexity index is 617. The van der Waals surface area contributed by atoms with Crippen molar-refractivity contribution < 1.29 is 14.3 Å². The van der Waals surface area contributed by atoms with Gasteiger partial charge in [0.2, 0.25) is 17.0 Å². The molecule has 1 aromatic rings. The largest absolute Gasteiger partial charge is 0.378 e. The molecule has 26 heavy (non-hydrogen) atoms. The number of amides is 2. The van der Waals surface area contributed by atoms with Crippen molar-refractivity contribution in [2.24, 2.45) is 5.92 Å². The third-order valence-electron chi connectivity index (χ3n) is 4.90. The fraction of sp³-hybridized carbons (Fsp3) is 0.765. The molecule has 2 aliphatic rings. The molecule has 1 aromatic heterocycles. The highest BCUT2D eigenvalue weighted by Gasteiger charge is 2.25. The quantitative estimate of drug-likeness (QED) is 0.742. The number of aromatic nitrogens is 3. The van der Waals surface area contributed by atoms with Crippen molar-refractivity contribution in [1.82, 2.24) is 25.0 Å². The lowest BCUT2D eigenvalue weighted by Crippen LogP contribution is -2.42. The third-order valence-corrected chi connectivity index (χ3v) is 5.74. The van der Waals surface area contributed by atoms with Gasteiger partial charge in [-0.1, -0.05) is 11.8 Å². The molecule has 1 unspecified atom stereocenters. The highest BCUT2D eigenvalue weighted by Crippen LogP contribution is 2.23. The van der Waals surface area contributed by atoms with Crippen LogP contribution in [0.25, 0.3) is 0 Å². The van der Waals surface area contributed by atoms with E-state index in [1.54, 1.807) is 0 Å². The molecule has 0 saturated carbocycles. The maximum absolute atomic E-state index is 12.5. The van der Waals surface area contributed by atoms with E-state index in [4.69, 9.17) is 4.74 Å². The van der Waals surface area contributed by atoms with Gasteiger partial charge in [0.05, 0.1) is 19.0 Å². The van der Waals surface area contributed by atoms with E-state index in [0.717, 1.165) is 38.2 Å². The Balaban J connectivity index is 1.40. The minimum absolute atomic E-state index is 0.127. The third kappa shape index (κ3) is 5.44. The van der Waals surface area contributed by atoms with Crippen LogP contribution in [0.1, 0.15) is 31.5 Å². The Labute approximate surface area is 158 Å². The predicted molar refractivity (Wildman–Crippen MR) is 97.8 cm³/mol. The molecular weight excluding hydrogens is 354 g/mol. The van der Waals surface area contributed by atoms with Gasteiger partial charge in [-0.3, -0.25) is 14.7 Å². The number of aromatic amines is 1. The number of rotatable bonds is 6. The van der Waals surface area contributed by atoms with E-state index in [0.29, 0.717) is 49.6 Å². The van der Waals surface area contributed by atoms with E-state index < -0.39 is 0 Å². The van der Waals surface area contributed by atoms with E-state index >= 15 is 0 Å². The lowest BCUT2D eigenvalue weighted by molar-refractivity contribution is -0.135. The van der Waals surface area contributed by atoms with Crippen molar-refractivity contribution in [1.29, 1.82) is 0 Å². The minimum atomic E-state index is 0.127. The first-order valence-electron chi connectivity index (χ1n) is 9.27. The van der Waals surface area contributed by atoms with Gasteiger partial charge >= 0.3 is 0 Å². The summed E-state index contributed by atoms with van der Waals surface area (Å²) in [6, 6.07) is 0. The standard InChI is InChI=1S/C17H27N5O3S/c1-13-18-17(20-19-13)26-12-16(24)22-6-2-3-14(11-22)4-5-15(23)21-7-9-25-10-8-21/h14H,2-12H2,1H3,(H,18,19,20). The van der Waals surface area contributed by atoms with Crippen molar-refractivity contribution in [3.8, 4) is 0 Å². The molecule has 144 valence electrons. The monoisotopic (exact) mass is 381 g/mol. The van der Waals surface area contributed by atoms with Crippen LogP contribution in [0.3, 0.4) is 0 Å². The number of likely N-dealkylation sites (tertiary alicyclic amines) is 1. The number of carbonyl (C=O) groups is 2. The number of hydrogen-bond acceptors (Lipinski definition) is 6. The average molecular weight is 382 g/mol. The summed E-state index contributed by atoms with van der Waals surface area (Å²) in [7, 11) is 0. The van der Waals surface area contributed by atoms with Crippen LogP contribution < -0.4 is 0 Å². The van der Waals surface area contributed by atoms with Gasteiger partial charge in [-0.25, -0.2) is 4.98 Å². The summed E-state index contributed by atoms with van der Waals surface area (Å²) >= 11 is 1.36. The van der Waals surface area contributed by atoms with Gasteiger partial charge in [0.1, 0.15) is 5.82 Å². The first-order valence-corrected chi connectivity index (χ1v) is 10.3. The highest BCUT2D eigenvalue weighted by molar-refractivity contribution is 7.99. The van der Waals surface area contributed by atoms with Crippen LogP contribution in [0.2, 0.25) is 0 Å². The van der Waals surface area contributed by atoms with E-state index in [9.17, 15) is 9.59 Å². The number of ether oxygens (including phenoxy) is 1. The summed E-state index contributed by atoms with van der Waals surface area (Å²) < 4.78 is 5.29. The molecular formula is C17H27N5O3S. The maximum atomic E-state index is 12.5. The molecule has 8 nitrogen and oxygen atoms in total. The number of H-pyrrole nitrogens is 1. The van der Waals surface area contributed by atoms with Crippen LogP contribution >= 0.6 is 11.8 Å². The summed E-state index contributed by atoms with van der Waals surface area (Å²) in [4.78, 5) is 32.8. The first-order chi connectivity index (χ1) is 12.6. The molecule has 1 N–H and O–H groups in total. The Morgan fingerprint density at radius 3 is 2.77 bits per heavy atom. The zero-order valence-electron chi connectivity index (χ0n) is 15.3. The number of nitrogens with zero attached hydrogens (tertiary/aromatic N) is 4. The molecule has 0 aliphatic carbocycles. The summed E-state index contributed by atoms with van der Waals surface area (Å²) in [5, 5.41) is 7.44. The Kier molecular flexibility index (Phi) is 6.90. The number of carbonyl (C=O) groups excluding carboxylic acids is 2. The molecule has 0 spiro atoms. The van der Waals surface area contributed by atoms with Crippen molar-refractivity contribution in [3.63, 3.8) is 0 Å². The zero-order valence-corrected chi connectivity index (χ0v) is 16.1. The lowest BCUT2D eigenvalue weighted by Gasteiger charge is -2.33. The van der Waals surface area contributed by atoms with Crippen LogP contribution in [0.4, 0.5) is 0 Å². The van der Waals surface area contributed by atoms with Crippen LogP contribution in [0, 0.1) is 12.8 Å². The van der Waals surface area contributed by atoms with E-state index in [-0.39, 0.29) is 11.8 Å². The van der Waals surface area contributed by atoms with Crippen molar-refractivity contribution >= 4 is 23.6 Å². The number of piperidine rings is 1. The minimum Gasteiger partial charge on any atom is -0.378 e. The number of morpholine rings is 1. The van der Waals surface area contributed by atoms with E-state index in [1.807, 2.05) is 16.7 Å². The molecule has 2 fully saturated rings. The van der Waals surface area contributed by atoms with Gasteiger partial charge in [0.25, 0.3) is 0 Å². The van der Waals surface area contributed by atoms with Gasteiger partial charge in [-0.05, 0) is 32.1 Å². The Hall–Kier alpha value is -1.61. The zero-order chi connectivity index (χ0) is 18.4. The smallest absolute Gasteiger partial charge is 0.233 e. The number of aryl methyl sites for hydroxylation is 1. The number of hydrogen-bond donors (Lipinski definition) is 1. The van der Waals surface area contributed by atoms with Crippen molar-refractivity contribution in [2.75, 3.05) is 45.1 Å². The van der Waals surface area contributed by atoms with Crippen molar-refractivity contribution in [2.45, 2.75) is 37.8 Å². The molecule has 3 rings (SSSR count). The van der Waals surface area contributed by atoms with E-state index in [1.165, 1.54) is 11.8 Å². The fourth-order valence-electron chi connectivity index (χ4n) is 3.43. The first kappa shape index (κ1) is 19.2. The van der Waals surface area contributed by atoms with Gasteiger partial charge in [0.15, 0.2) is 0 Å². The molecule has 0 radical (unpaired) electrons. The second kappa shape index (κ2) is 9.36. The summed E-state index contributed by atoms with van der Waals surface area (Å²) in [6.45, 7) is 6.08. The topological polar surface area (TPSA) is 91.4 Å². The van der Waals surface area contributed by atoms with E-state index in [2.05, 4.69) is 15.2 Å². The normalized spacial score (nSPS) is 21.0. The van der Waals surface area contributed by atoms with Crippen molar-refractivity contribution in [3.05, 3.63) is 5.82 Å². The fourth-order valence-corrected chi connectivity index (χ4v) is 4.18. The molecule has 2 saturated heterocycles. The molecule has 9 heteroatoms. The Morgan fingerprint density at radius 1 is 1.23 bits per heavy atom. The number of thioether (sulfide) groups is 1. The molecule has 0 aromatic carbocycles. The van der Waals surface area contributed by atoms with Crippen LogP contribution in [-0.4, -0.2) is 81.9 Å². The molecule has 1 atom stereocenters. The van der Waals surface area contributed by atoms with Gasteiger partial charge in [-0.2, -0.15) is 0 Å².